The van der Waals surface area contributed by atoms with Gasteiger partial charge < -0.3 is 15.5 Å². The van der Waals surface area contributed by atoms with Crippen LogP contribution in [0.25, 0.3) is 0 Å². The summed E-state index contributed by atoms with van der Waals surface area (Å²) in [5.41, 5.74) is 3.56. The summed E-state index contributed by atoms with van der Waals surface area (Å²) >= 11 is 0. The molecule has 148 valence electrons. The Morgan fingerprint density at radius 3 is 2.46 bits per heavy atom. The number of aliphatic imine (C=N–C) groups is 1. The number of carbonyl (C=O) groups is 1. The Kier molecular flexibility index (Phi) is 7.06. The normalized spacial score (nSPS) is 15.6. The smallest absolute Gasteiger partial charge is 0.222 e. The molecule has 2 aromatic carbocycles. The van der Waals surface area contributed by atoms with E-state index in [1.54, 1.807) is 0 Å². The third-order valence-corrected chi connectivity index (χ3v) is 4.98. The molecule has 0 spiro atoms. The van der Waals surface area contributed by atoms with Crippen molar-refractivity contribution in [3.05, 3.63) is 71.3 Å². The molecule has 0 aromatic heterocycles. The highest BCUT2D eigenvalue weighted by atomic mass is 16.2. The van der Waals surface area contributed by atoms with E-state index in [9.17, 15) is 4.79 Å². The predicted molar refractivity (Wildman–Crippen MR) is 114 cm³/mol. The number of guanidine groups is 1. The molecular weight excluding hydrogens is 348 g/mol. The lowest BCUT2D eigenvalue weighted by Gasteiger charge is -2.18. The van der Waals surface area contributed by atoms with Crippen molar-refractivity contribution < 1.29 is 4.79 Å². The van der Waals surface area contributed by atoms with Crippen LogP contribution in [0.4, 0.5) is 0 Å². The van der Waals surface area contributed by atoms with Gasteiger partial charge in [-0.2, -0.15) is 0 Å². The lowest BCUT2D eigenvalue weighted by atomic mass is 10.1. The van der Waals surface area contributed by atoms with Gasteiger partial charge in [-0.15, -0.1) is 0 Å². The topological polar surface area (TPSA) is 56.7 Å². The number of amides is 1. The van der Waals surface area contributed by atoms with Crippen molar-refractivity contribution in [1.29, 1.82) is 0 Å². The number of hydrogen-bond acceptors (Lipinski definition) is 2. The molecule has 0 aliphatic carbocycles. The van der Waals surface area contributed by atoms with E-state index in [1.165, 1.54) is 11.1 Å². The van der Waals surface area contributed by atoms with Crippen molar-refractivity contribution in [2.24, 2.45) is 4.99 Å². The molecule has 0 bridgehead atoms. The van der Waals surface area contributed by atoms with Gasteiger partial charge in [0, 0.05) is 26.1 Å². The third-order valence-electron chi connectivity index (χ3n) is 4.98. The summed E-state index contributed by atoms with van der Waals surface area (Å²) in [6.07, 6.45) is 1.67. The molecule has 2 aromatic rings. The Hall–Kier alpha value is -2.82. The van der Waals surface area contributed by atoms with Crippen molar-refractivity contribution in [3.63, 3.8) is 0 Å². The summed E-state index contributed by atoms with van der Waals surface area (Å²) < 4.78 is 0. The number of hydrogen-bond donors (Lipinski definition) is 2. The standard InChI is InChI=1S/C23H30N4O/c1-3-24-23(26-18(2)21-8-5-4-6-9-21)25-16-19-11-13-20(14-12-19)17-27-15-7-10-22(27)28/h4-6,8-9,11-14,18H,3,7,10,15-17H2,1-2H3,(H2,24,25,26). The molecule has 1 aliphatic rings. The van der Waals surface area contributed by atoms with Gasteiger partial charge in [-0.1, -0.05) is 54.6 Å². The van der Waals surface area contributed by atoms with E-state index in [0.717, 1.165) is 31.0 Å². The maximum atomic E-state index is 11.8. The first-order valence-electron chi connectivity index (χ1n) is 10.1. The molecule has 1 atom stereocenters. The molecule has 5 heteroatoms. The fourth-order valence-electron chi connectivity index (χ4n) is 3.36. The highest BCUT2D eigenvalue weighted by Crippen LogP contribution is 2.15. The number of benzene rings is 2. The minimum absolute atomic E-state index is 0.180. The lowest BCUT2D eigenvalue weighted by Crippen LogP contribution is -2.38. The van der Waals surface area contributed by atoms with Crippen LogP contribution in [-0.4, -0.2) is 29.9 Å². The highest BCUT2D eigenvalue weighted by Gasteiger charge is 2.19. The molecule has 28 heavy (non-hydrogen) atoms. The van der Waals surface area contributed by atoms with Crippen LogP contribution in [0.15, 0.2) is 59.6 Å². The number of rotatable bonds is 7. The molecule has 5 nitrogen and oxygen atoms in total. The fourth-order valence-corrected chi connectivity index (χ4v) is 3.36. The van der Waals surface area contributed by atoms with Crippen LogP contribution in [0.3, 0.4) is 0 Å². The maximum absolute atomic E-state index is 11.8. The Morgan fingerprint density at radius 1 is 1.11 bits per heavy atom. The quantitative estimate of drug-likeness (QED) is 0.571. The largest absolute Gasteiger partial charge is 0.357 e. The highest BCUT2D eigenvalue weighted by molar-refractivity contribution is 5.80. The number of likely N-dealkylation sites (tertiary alicyclic amines) is 1. The monoisotopic (exact) mass is 378 g/mol. The van der Waals surface area contributed by atoms with Gasteiger partial charge in [-0.05, 0) is 37.0 Å². The molecule has 1 aliphatic heterocycles. The summed E-state index contributed by atoms with van der Waals surface area (Å²) in [5, 5.41) is 6.78. The van der Waals surface area contributed by atoms with Gasteiger partial charge in [0.2, 0.25) is 5.91 Å². The van der Waals surface area contributed by atoms with Crippen LogP contribution >= 0.6 is 0 Å². The van der Waals surface area contributed by atoms with Gasteiger partial charge in [-0.25, -0.2) is 4.99 Å². The molecule has 0 radical (unpaired) electrons. The van der Waals surface area contributed by atoms with E-state index in [0.29, 0.717) is 19.5 Å². The van der Waals surface area contributed by atoms with Crippen LogP contribution in [0.2, 0.25) is 0 Å². The van der Waals surface area contributed by atoms with E-state index >= 15 is 0 Å². The van der Waals surface area contributed by atoms with Gasteiger partial charge in [0.15, 0.2) is 5.96 Å². The first-order valence-corrected chi connectivity index (χ1v) is 10.1. The number of carbonyl (C=O) groups excluding carboxylic acids is 1. The number of nitrogens with zero attached hydrogens (tertiary/aromatic N) is 2. The Morgan fingerprint density at radius 2 is 1.82 bits per heavy atom. The van der Waals surface area contributed by atoms with Crippen molar-refractivity contribution >= 4 is 11.9 Å². The summed E-state index contributed by atoms with van der Waals surface area (Å²) in [6.45, 7) is 7.22. The molecule has 3 rings (SSSR count). The van der Waals surface area contributed by atoms with Gasteiger partial charge in [0.1, 0.15) is 0 Å². The molecule has 1 amide bonds. The SMILES string of the molecule is CCNC(=NCc1ccc(CN2CCCC2=O)cc1)NC(C)c1ccccc1. The van der Waals surface area contributed by atoms with Crippen LogP contribution in [0.1, 0.15) is 49.4 Å². The van der Waals surface area contributed by atoms with E-state index < -0.39 is 0 Å². The van der Waals surface area contributed by atoms with Crippen molar-refractivity contribution in [1.82, 2.24) is 15.5 Å². The average molecular weight is 379 g/mol. The van der Waals surface area contributed by atoms with Crippen LogP contribution in [0, 0.1) is 0 Å². The summed E-state index contributed by atoms with van der Waals surface area (Å²) in [6, 6.07) is 18.9. The summed E-state index contributed by atoms with van der Waals surface area (Å²) in [5.74, 6) is 1.08. The van der Waals surface area contributed by atoms with Gasteiger partial charge >= 0.3 is 0 Å². The molecule has 0 saturated carbocycles. The Balaban J connectivity index is 1.58. The van der Waals surface area contributed by atoms with E-state index in [4.69, 9.17) is 4.99 Å². The summed E-state index contributed by atoms with van der Waals surface area (Å²) in [7, 11) is 0. The summed E-state index contributed by atoms with van der Waals surface area (Å²) in [4.78, 5) is 18.4. The first-order chi connectivity index (χ1) is 13.7. The molecular formula is C23H30N4O. The second-order valence-corrected chi connectivity index (χ2v) is 7.21. The van der Waals surface area contributed by atoms with Crippen LogP contribution in [0.5, 0.6) is 0 Å². The second kappa shape index (κ2) is 9.93. The number of nitrogens with one attached hydrogen (secondary N) is 2. The average Bonchev–Trinajstić information content (AvgIpc) is 3.12. The molecule has 2 N–H and O–H groups in total. The Labute approximate surface area is 167 Å². The van der Waals surface area contributed by atoms with Gasteiger partial charge in [0.05, 0.1) is 12.6 Å². The maximum Gasteiger partial charge on any atom is 0.222 e. The van der Waals surface area contributed by atoms with Gasteiger partial charge in [0.25, 0.3) is 0 Å². The van der Waals surface area contributed by atoms with Crippen molar-refractivity contribution in [2.75, 3.05) is 13.1 Å². The van der Waals surface area contributed by atoms with Crippen molar-refractivity contribution in [2.45, 2.75) is 45.8 Å². The van der Waals surface area contributed by atoms with Crippen LogP contribution in [-0.2, 0) is 17.9 Å². The Bertz CT molecular complexity index is 786. The third kappa shape index (κ3) is 5.59. The zero-order valence-electron chi connectivity index (χ0n) is 16.8. The zero-order valence-corrected chi connectivity index (χ0v) is 16.8. The van der Waals surface area contributed by atoms with E-state index in [-0.39, 0.29) is 11.9 Å². The first kappa shape index (κ1) is 19.9. The van der Waals surface area contributed by atoms with Gasteiger partial charge in [-0.3, -0.25) is 4.79 Å². The lowest BCUT2D eigenvalue weighted by molar-refractivity contribution is -0.128. The molecule has 1 saturated heterocycles. The minimum atomic E-state index is 0.180. The molecule has 1 unspecified atom stereocenters. The second-order valence-electron chi connectivity index (χ2n) is 7.21. The van der Waals surface area contributed by atoms with E-state index in [2.05, 4.69) is 73.0 Å². The predicted octanol–water partition coefficient (Wildman–Crippen LogP) is 3.63. The zero-order chi connectivity index (χ0) is 19.8. The van der Waals surface area contributed by atoms with Crippen LogP contribution < -0.4 is 10.6 Å². The molecule has 1 fully saturated rings. The van der Waals surface area contributed by atoms with E-state index in [1.807, 2.05) is 11.0 Å². The fraction of sp³-hybridized carbons (Fsp3) is 0.391. The molecule has 1 heterocycles. The minimum Gasteiger partial charge on any atom is -0.357 e. The van der Waals surface area contributed by atoms with Crippen molar-refractivity contribution in [3.8, 4) is 0 Å².